The lowest BCUT2D eigenvalue weighted by molar-refractivity contribution is -0.147. The predicted octanol–water partition coefficient (Wildman–Crippen LogP) is 1.44. The van der Waals surface area contributed by atoms with Gasteiger partial charge in [0, 0.05) is 0 Å². The van der Waals surface area contributed by atoms with Crippen LogP contribution in [0, 0.1) is 0 Å². The standard InChI is InChI=1S/C6H13NO2.C2H6/c1-6(2,5(8)9)7(3)4;1-2/h1-4H3,(H,8,9);1-2H3. The van der Waals surface area contributed by atoms with Crippen LogP contribution in [0.4, 0.5) is 0 Å². The van der Waals surface area contributed by atoms with Crippen molar-refractivity contribution in [3.63, 3.8) is 0 Å². The van der Waals surface area contributed by atoms with Gasteiger partial charge in [-0.05, 0) is 27.9 Å². The summed E-state index contributed by atoms with van der Waals surface area (Å²) in [5.74, 6) is -0.799. The Labute approximate surface area is 69.0 Å². The Kier molecular flexibility index (Phi) is 6.09. The zero-order chi connectivity index (χ0) is 9.65. The molecular formula is C8H19NO2. The Morgan fingerprint density at radius 3 is 1.55 bits per heavy atom. The van der Waals surface area contributed by atoms with Gasteiger partial charge in [0.15, 0.2) is 0 Å². The van der Waals surface area contributed by atoms with Crippen molar-refractivity contribution in [2.24, 2.45) is 0 Å². The summed E-state index contributed by atoms with van der Waals surface area (Å²) in [6.45, 7) is 7.32. The number of nitrogens with zero attached hydrogens (tertiary/aromatic N) is 1. The molecule has 0 heterocycles. The number of carboxylic acids is 1. The normalized spacial score (nSPS) is 10.5. The number of aliphatic carboxylic acids is 1. The van der Waals surface area contributed by atoms with Crippen LogP contribution in [0.15, 0.2) is 0 Å². The lowest BCUT2D eigenvalue weighted by atomic mass is 10.1. The third kappa shape index (κ3) is 3.98. The van der Waals surface area contributed by atoms with Gasteiger partial charge in [-0.2, -0.15) is 0 Å². The summed E-state index contributed by atoms with van der Waals surface area (Å²) >= 11 is 0. The first-order chi connectivity index (χ1) is 4.89. The van der Waals surface area contributed by atoms with Crippen LogP contribution in [0.1, 0.15) is 27.7 Å². The quantitative estimate of drug-likeness (QED) is 0.666. The van der Waals surface area contributed by atoms with E-state index in [2.05, 4.69) is 0 Å². The van der Waals surface area contributed by atoms with Gasteiger partial charge in [-0.25, -0.2) is 0 Å². The van der Waals surface area contributed by atoms with Crippen molar-refractivity contribution in [2.45, 2.75) is 33.2 Å². The van der Waals surface area contributed by atoms with Crippen LogP contribution in [-0.4, -0.2) is 35.6 Å². The smallest absolute Gasteiger partial charge is 0.323 e. The average molecular weight is 161 g/mol. The van der Waals surface area contributed by atoms with E-state index in [1.807, 2.05) is 13.8 Å². The largest absolute Gasteiger partial charge is 0.480 e. The van der Waals surface area contributed by atoms with E-state index in [0.29, 0.717) is 0 Å². The van der Waals surface area contributed by atoms with E-state index in [-0.39, 0.29) is 0 Å². The molecule has 0 rings (SSSR count). The summed E-state index contributed by atoms with van der Waals surface area (Å²) in [4.78, 5) is 12.1. The van der Waals surface area contributed by atoms with E-state index >= 15 is 0 Å². The van der Waals surface area contributed by atoms with Crippen LogP contribution in [0.3, 0.4) is 0 Å². The van der Waals surface area contributed by atoms with Crippen LogP contribution in [0.25, 0.3) is 0 Å². The van der Waals surface area contributed by atoms with Crippen molar-refractivity contribution in [1.82, 2.24) is 4.90 Å². The molecule has 0 aliphatic rings. The van der Waals surface area contributed by atoms with Crippen molar-refractivity contribution < 1.29 is 9.90 Å². The molecule has 1 N–H and O–H groups in total. The van der Waals surface area contributed by atoms with E-state index in [1.54, 1.807) is 32.8 Å². The van der Waals surface area contributed by atoms with Gasteiger partial charge in [-0.15, -0.1) is 0 Å². The second-order valence-corrected chi connectivity index (χ2v) is 2.76. The average Bonchev–Trinajstić information content (AvgIpc) is 1.91. The first kappa shape index (κ1) is 13.1. The molecule has 0 fully saturated rings. The van der Waals surface area contributed by atoms with Gasteiger partial charge in [0.1, 0.15) is 5.54 Å². The van der Waals surface area contributed by atoms with Gasteiger partial charge < -0.3 is 5.11 Å². The van der Waals surface area contributed by atoms with Crippen molar-refractivity contribution in [3.05, 3.63) is 0 Å². The van der Waals surface area contributed by atoms with Gasteiger partial charge in [0.2, 0.25) is 0 Å². The number of hydrogen-bond acceptors (Lipinski definition) is 2. The molecule has 0 aromatic carbocycles. The molecule has 0 unspecified atom stereocenters. The van der Waals surface area contributed by atoms with E-state index in [9.17, 15) is 4.79 Å². The summed E-state index contributed by atoms with van der Waals surface area (Å²) in [6, 6.07) is 0. The third-order valence-electron chi connectivity index (χ3n) is 1.64. The monoisotopic (exact) mass is 161 g/mol. The fraction of sp³-hybridized carbons (Fsp3) is 0.875. The SMILES string of the molecule is CC.CN(C)C(C)(C)C(=O)O. The molecule has 0 saturated heterocycles. The molecule has 0 aliphatic carbocycles. The molecular weight excluding hydrogens is 142 g/mol. The van der Waals surface area contributed by atoms with Crippen LogP contribution in [0.5, 0.6) is 0 Å². The summed E-state index contributed by atoms with van der Waals surface area (Å²) < 4.78 is 0. The number of carboxylic acid groups (broad SMARTS) is 1. The molecule has 0 saturated carbocycles. The van der Waals surface area contributed by atoms with E-state index < -0.39 is 11.5 Å². The molecule has 0 bridgehead atoms. The van der Waals surface area contributed by atoms with Gasteiger partial charge in [-0.1, -0.05) is 13.8 Å². The Balaban J connectivity index is 0. The fourth-order valence-electron chi connectivity index (χ4n) is 0.191. The molecule has 0 spiro atoms. The zero-order valence-corrected chi connectivity index (χ0v) is 8.30. The van der Waals surface area contributed by atoms with Crippen molar-refractivity contribution in [3.8, 4) is 0 Å². The Morgan fingerprint density at radius 1 is 1.27 bits per heavy atom. The second kappa shape index (κ2) is 5.13. The lowest BCUT2D eigenvalue weighted by Crippen LogP contribution is -2.45. The van der Waals surface area contributed by atoms with Crippen molar-refractivity contribution >= 4 is 5.97 Å². The van der Waals surface area contributed by atoms with Gasteiger partial charge in [0.25, 0.3) is 0 Å². The fourth-order valence-corrected chi connectivity index (χ4v) is 0.191. The summed E-state index contributed by atoms with van der Waals surface area (Å²) in [5, 5.41) is 8.57. The second-order valence-electron chi connectivity index (χ2n) is 2.76. The number of carbonyl (C=O) groups is 1. The summed E-state index contributed by atoms with van der Waals surface area (Å²) in [6.07, 6.45) is 0. The van der Waals surface area contributed by atoms with Crippen LogP contribution in [-0.2, 0) is 4.79 Å². The maximum atomic E-state index is 10.4. The number of hydrogen-bond donors (Lipinski definition) is 1. The highest BCUT2D eigenvalue weighted by molar-refractivity contribution is 5.77. The third-order valence-corrected chi connectivity index (χ3v) is 1.64. The van der Waals surface area contributed by atoms with Gasteiger partial charge in [-0.3, -0.25) is 9.69 Å². The minimum Gasteiger partial charge on any atom is -0.480 e. The van der Waals surface area contributed by atoms with Crippen LogP contribution < -0.4 is 0 Å². The highest BCUT2D eigenvalue weighted by Crippen LogP contribution is 2.08. The van der Waals surface area contributed by atoms with E-state index in [0.717, 1.165) is 0 Å². The summed E-state index contributed by atoms with van der Waals surface area (Å²) in [7, 11) is 3.49. The molecule has 11 heavy (non-hydrogen) atoms. The molecule has 3 heteroatoms. The number of likely N-dealkylation sites (N-methyl/N-ethyl adjacent to an activating group) is 1. The highest BCUT2D eigenvalue weighted by atomic mass is 16.4. The first-order valence-corrected chi connectivity index (χ1v) is 3.80. The molecule has 3 nitrogen and oxygen atoms in total. The molecule has 0 aromatic rings. The van der Waals surface area contributed by atoms with E-state index in [4.69, 9.17) is 5.11 Å². The molecule has 0 atom stereocenters. The topological polar surface area (TPSA) is 40.5 Å². The molecule has 0 aliphatic heterocycles. The summed E-state index contributed by atoms with van der Waals surface area (Å²) in [5.41, 5.74) is -0.750. The lowest BCUT2D eigenvalue weighted by Gasteiger charge is -2.27. The zero-order valence-electron chi connectivity index (χ0n) is 8.30. The first-order valence-electron chi connectivity index (χ1n) is 3.80. The van der Waals surface area contributed by atoms with Crippen LogP contribution in [0.2, 0.25) is 0 Å². The molecule has 0 aromatic heterocycles. The van der Waals surface area contributed by atoms with Gasteiger partial charge >= 0.3 is 5.97 Å². The van der Waals surface area contributed by atoms with E-state index in [1.165, 1.54) is 0 Å². The molecule has 68 valence electrons. The highest BCUT2D eigenvalue weighted by Gasteiger charge is 2.28. The Morgan fingerprint density at radius 2 is 1.55 bits per heavy atom. The molecule has 0 amide bonds. The maximum absolute atomic E-state index is 10.4. The minimum absolute atomic E-state index is 0.750. The van der Waals surface area contributed by atoms with Crippen molar-refractivity contribution in [2.75, 3.05) is 14.1 Å². The number of rotatable bonds is 2. The predicted molar refractivity (Wildman–Crippen MR) is 46.7 cm³/mol. The van der Waals surface area contributed by atoms with Crippen molar-refractivity contribution in [1.29, 1.82) is 0 Å². The minimum atomic E-state index is -0.799. The van der Waals surface area contributed by atoms with Crippen LogP contribution >= 0.6 is 0 Å². The van der Waals surface area contributed by atoms with Gasteiger partial charge in [0.05, 0.1) is 0 Å². The molecule has 0 radical (unpaired) electrons. The Hall–Kier alpha value is -0.570. The Bertz CT molecular complexity index is 119. The maximum Gasteiger partial charge on any atom is 0.323 e.